The lowest BCUT2D eigenvalue weighted by Gasteiger charge is -2.31. The summed E-state index contributed by atoms with van der Waals surface area (Å²) in [7, 11) is 0. The van der Waals surface area contributed by atoms with E-state index in [0.29, 0.717) is 0 Å². The van der Waals surface area contributed by atoms with Crippen LogP contribution in [0.5, 0.6) is 34.5 Å². The molecule has 0 atom stereocenters. The average molecular weight is 897 g/mol. The molecule has 0 saturated heterocycles. The molecule has 344 valence electrons. The minimum absolute atomic E-state index is 0.0660. The summed E-state index contributed by atoms with van der Waals surface area (Å²) in [5.74, 6) is -1.35. The third-order valence-electron chi connectivity index (χ3n) is 12.7. The molecule has 0 unspecified atom stereocenters. The van der Waals surface area contributed by atoms with Gasteiger partial charge < -0.3 is 44.8 Å². The molecule has 0 aliphatic carbocycles. The van der Waals surface area contributed by atoms with Gasteiger partial charge in [0.2, 0.25) is 0 Å². The first-order valence-corrected chi connectivity index (χ1v) is 21.7. The molecule has 0 aliphatic heterocycles. The van der Waals surface area contributed by atoms with Crippen molar-refractivity contribution in [3.63, 3.8) is 0 Å². The van der Waals surface area contributed by atoms with Crippen LogP contribution < -0.4 is 0 Å². The predicted octanol–water partition coefficient (Wildman–Crippen LogP) is 9.58. The molecule has 0 fully saturated rings. The topological polar surface area (TPSA) is 200 Å². The molecular formula is C54H56O12. The summed E-state index contributed by atoms with van der Waals surface area (Å²) in [5, 5.41) is 59.9. The Morgan fingerprint density at radius 2 is 0.561 bits per heavy atom. The number of carbonyl (C=O) groups is 3. The fourth-order valence-electron chi connectivity index (χ4n) is 8.27. The molecule has 66 heavy (non-hydrogen) atoms. The van der Waals surface area contributed by atoms with E-state index in [2.05, 4.69) is 0 Å². The molecule has 0 radical (unpaired) electrons. The van der Waals surface area contributed by atoms with Crippen LogP contribution in [0.2, 0.25) is 0 Å². The van der Waals surface area contributed by atoms with E-state index in [1.165, 1.54) is 0 Å². The van der Waals surface area contributed by atoms with Crippen molar-refractivity contribution in [1.29, 1.82) is 0 Å². The maximum Gasteiger partial charge on any atom is 0.306 e. The number of hydrogen-bond donors (Lipinski definition) is 6. The van der Waals surface area contributed by atoms with Crippen LogP contribution in [0.4, 0.5) is 0 Å². The first kappa shape index (κ1) is 48.0. The number of rotatable bonds is 20. The summed E-state index contributed by atoms with van der Waals surface area (Å²) in [6, 6.07) is 39.9. The Morgan fingerprint density at radius 3 is 0.773 bits per heavy atom. The number of ether oxygens (including phenoxy) is 3. The highest BCUT2D eigenvalue weighted by molar-refractivity contribution is 5.72. The van der Waals surface area contributed by atoms with E-state index in [1.54, 1.807) is 146 Å². The monoisotopic (exact) mass is 896 g/mol. The Morgan fingerprint density at radius 1 is 0.364 bits per heavy atom. The summed E-state index contributed by atoms with van der Waals surface area (Å²) in [5.41, 5.74) is 2.63. The Balaban J connectivity index is 1.17. The zero-order valence-electron chi connectivity index (χ0n) is 37.2. The van der Waals surface area contributed by atoms with Gasteiger partial charge in [-0.05, 0) is 125 Å². The van der Waals surface area contributed by atoms with Gasteiger partial charge in [-0.15, -0.1) is 0 Å². The molecule has 0 saturated carbocycles. The zero-order chi connectivity index (χ0) is 47.5. The molecule has 0 aromatic heterocycles. The van der Waals surface area contributed by atoms with Crippen LogP contribution in [0.25, 0.3) is 0 Å². The number of benzene rings is 6. The normalized spacial score (nSPS) is 11.8. The van der Waals surface area contributed by atoms with Gasteiger partial charge in [0, 0.05) is 35.5 Å². The van der Waals surface area contributed by atoms with Crippen molar-refractivity contribution in [3.05, 3.63) is 179 Å². The van der Waals surface area contributed by atoms with Gasteiger partial charge in [0.1, 0.15) is 47.7 Å². The number of phenolic OH excluding ortho intramolecular Hbond substituents is 6. The highest BCUT2D eigenvalue weighted by Crippen LogP contribution is 2.41. The van der Waals surface area contributed by atoms with Gasteiger partial charge in [-0.1, -0.05) is 93.6 Å². The molecule has 6 aromatic rings. The first-order chi connectivity index (χ1) is 31.5. The fourth-order valence-corrected chi connectivity index (χ4v) is 8.27. The van der Waals surface area contributed by atoms with Crippen molar-refractivity contribution in [2.24, 2.45) is 0 Å². The summed E-state index contributed by atoms with van der Waals surface area (Å²) in [6.45, 7) is 5.00. The van der Waals surface area contributed by atoms with Crippen LogP contribution in [0.15, 0.2) is 146 Å². The van der Waals surface area contributed by atoms with Crippen molar-refractivity contribution in [3.8, 4) is 34.5 Å². The van der Waals surface area contributed by atoms with Crippen molar-refractivity contribution in [1.82, 2.24) is 0 Å². The lowest BCUT2D eigenvalue weighted by Crippen LogP contribution is -2.33. The van der Waals surface area contributed by atoms with Crippen LogP contribution >= 0.6 is 0 Å². The number of phenols is 6. The number of carbonyl (C=O) groups excluding carboxylic acids is 3. The molecule has 0 aliphatic rings. The van der Waals surface area contributed by atoms with E-state index >= 15 is 0 Å². The van der Waals surface area contributed by atoms with E-state index in [9.17, 15) is 45.0 Å². The van der Waals surface area contributed by atoms with Crippen LogP contribution in [-0.2, 0) is 44.8 Å². The lowest BCUT2D eigenvalue weighted by atomic mass is 9.73. The Bertz CT molecular complexity index is 2280. The number of hydrogen-bond acceptors (Lipinski definition) is 12. The highest BCUT2D eigenvalue weighted by Gasteiger charge is 2.34. The van der Waals surface area contributed by atoms with Gasteiger partial charge in [-0.3, -0.25) is 14.4 Å². The Labute approximate surface area is 384 Å². The van der Waals surface area contributed by atoms with Gasteiger partial charge in [0.25, 0.3) is 0 Å². The second-order valence-corrected chi connectivity index (χ2v) is 17.3. The van der Waals surface area contributed by atoms with Gasteiger partial charge in [0.15, 0.2) is 6.10 Å². The molecule has 0 bridgehead atoms. The van der Waals surface area contributed by atoms with E-state index in [0.717, 1.165) is 33.4 Å². The van der Waals surface area contributed by atoms with E-state index in [-0.39, 0.29) is 73.0 Å². The summed E-state index contributed by atoms with van der Waals surface area (Å²) < 4.78 is 17.3. The molecule has 0 heterocycles. The Hall–Kier alpha value is -7.47. The van der Waals surface area contributed by atoms with Crippen LogP contribution in [0.3, 0.4) is 0 Å². The minimum Gasteiger partial charge on any atom is -0.508 e. The standard InChI is InChI=1S/C54H56O12/c1-52(36-4-16-42(55)17-5-36,37-6-18-43(56)19-7-37)31-28-49(61)64-34-48(66-51(63)30-33-54(3,40-12-24-46(59)25-13-40)41-14-26-47(60)27-15-41)35-65-50(62)29-32-53(2,38-8-20-44(57)21-9-38)39-10-22-45(58)23-11-39/h4-27,48,55-60H,28-35H2,1-3H3. The Kier molecular flexibility index (Phi) is 15.3. The van der Waals surface area contributed by atoms with Crippen molar-refractivity contribution in [2.75, 3.05) is 13.2 Å². The largest absolute Gasteiger partial charge is 0.508 e. The first-order valence-electron chi connectivity index (χ1n) is 21.7. The second-order valence-electron chi connectivity index (χ2n) is 17.3. The molecule has 12 heteroatoms. The van der Waals surface area contributed by atoms with Gasteiger partial charge >= 0.3 is 17.9 Å². The highest BCUT2D eigenvalue weighted by atomic mass is 16.6. The molecule has 6 rings (SSSR count). The summed E-state index contributed by atoms with van der Waals surface area (Å²) in [6.07, 6.45) is -0.629. The van der Waals surface area contributed by atoms with E-state index in [4.69, 9.17) is 14.2 Å². The third kappa shape index (κ3) is 12.0. The number of esters is 3. The molecule has 0 amide bonds. The third-order valence-corrected chi connectivity index (χ3v) is 12.7. The maximum atomic E-state index is 13.7. The van der Waals surface area contributed by atoms with Gasteiger partial charge in [-0.25, -0.2) is 0 Å². The SMILES string of the molecule is CC(CCC(=O)OCC(COC(=O)CCC(C)(c1ccc(O)cc1)c1ccc(O)cc1)OC(=O)CCC(C)(c1ccc(O)cc1)c1ccc(O)cc1)(c1ccc(O)cc1)c1ccc(O)cc1. The van der Waals surface area contributed by atoms with Crippen molar-refractivity contribution in [2.45, 2.75) is 81.6 Å². The van der Waals surface area contributed by atoms with Crippen LogP contribution in [0, 0.1) is 0 Å². The number of aromatic hydroxyl groups is 6. The molecule has 6 aromatic carbocycles. The molecular weight excluding hydrogens is 841 g/mol. The molecule has 0 spiro atoms. The minimum atomic E-state index is -1.18. The van der Waals surface area contributed by atoms with Crippen LogP contribution in [-0.4, -0.2) is 67.9 Å². The summed E-state index contributed by atoms with van der Waals surface area (Å²) in [4.78, 5) is 40.8. The lowest BCUT2D eigenvalue weighted by molar-refractivity contribution is -0.167. The van der Waals surface area contributed by atoms with Gasteiger partial charge in [0.05, 0.1) is 0 Å². The molecule has 6 N–H and O–H groups in total. The van der Waals surface area contributed by atoms with Crippen LogP contribution in [0.1, 0.15) is 92.7 Å². The quantitative estimate of drug-likeness (QED) is 0.0314. The van der Waals surface area contributed by atoms with Crippen molar-refractivity contribution < 1.29 is 59.2 Å². The zero-order valence-corrected chi connectivity index (χ0v) is 37.2. The van der Waals surface area contributed by atoms with E-state index in [1.807, 2.05) is 20.8 Å². The smallest absolute Gasteiger partial charge is 0.306 e. The summed E-state index contributed by atoms with van der Waals surface area (Å²) >= 11 is 0. The fraction of sp³-hybridized carbons (Fsp3) is 0.278. The molecule has 12 nitrogen and oxygen atoms in total. The predicted molar refractivity (Wildman–Crippen MR) is 248 cm³/mol. The maximum absolute atomic E-state index is 13.7. The van der Waals surface area contributed by atoms with Gasteiger partial charge in [-0.2, -0.15) is 0 Å². The van der Waals surface area contributed by atoms with E-state index < -0.39 is 53.5 Å². The second kappa shape index (κ2) is 21.0. The average Bonchev–Trinajstić information content (AvgIpc) is 3.31. The van der Waals surface area contributed by atoms with Crippen molar-refractivity contribution >= 4 is 17.9 Å².